The molecule has 2 aromatic carbocycles. The van der Waals surface area contributed by atoms with Crippen LogP contribution < -0.4 is 10.6 Å². The SMILES string of the molecule is Nn1c(COc2ccc(F)cc2)nnc1SCc1ccc(Br)cc1. The Bertz CT molecular complexity index is 741. The van der Waals surface area contributed by atoms with Gasteiger partial charge in [0.25, 0.3) is 0 Å². The summed E-state index contributed by atoms with van der Waals surface area (Å²) in [6, 6.07) is 13.8. The van der Waals surface area contributed by atoms with Crippen LogP contribution in [-0.2, 0) is 12.4 Å². The molecule has 1 aromatic heterocycles. The molecule has 0 aliphatic rings. The van der Waals surface area contributed by atoms with Crippen LogP contribution in [0.3, 0.4) is 0 Å². The molecular formula is C16H14BrFN4OS. The summed E-state index contributed by atoms with van der Waals surface area (Å²) in [4.78, 5) is 0. The summed E-state index contributed by atoms with van der Waals surface area (Å²) in [5.74, 6) is 7.47. The van der Waals surface area contributed by atoms with Crippen molar-refractivity contribution in [2.24, 2.45) is 0 Å². The van der Waals surface area contributed by atoms with Gasteiger partial charge in [-0.3, -0.25) is 0 Å². The minimum atomic E-state index is -0.309. The highest BCUT2D eigenvalue weighted by molar-refractivity contribution is 9.10. The molecule has 8 heteroatoms. The smallest absolute Gasteiger partial charge is 0.210 e. The van der Waals surface area contributed by atoms with Crippen LogP contribution in [0, 0.1) is 5.82 Å². The van der Waals surface area contributed by atoms with E-state index in [-0.39, 0.29) is 12.4 Å². The predicted octanol–water partition coefficient (Wildman–Crippen LogP) is 3.76. The first-order valence-electron chi connectivity index (χ1n) is 7.07. The van der Waals surface area contributed by atoms with Gasteiger partial charge >= 0.3 is 0 Å². The molecule has 24 heavy (non-hydrogen) atoms. The zero-order valence-corrected chi connectivity index (χ0v) is 14.9. The van der Waals surface area contributed by atoms with Crippen molar-refractivity contribution in [3.8, 4) is 5.75 Å². The average Bonchev–Trinajstić information content (AvgIpc) is 2.94. The van der Waals surface area contributed by atoms with E-state index in [9.17, 15) is 4.39 Å². The Morgan fingerprint density at radius 1 is 1.08 bits per heavy atom. The average molecular weight is 409 g/mol. The van der Waals surface area contributed by atoms with Crippen molar-refractivity contribution in [2.45, 2.75) is 17.5 Å². The number of hydrogen-bond donors (Lipinski definition) is 1. The van der Waals surface area contributed by atoms with Gasteiger partial charge in [-0.2, -0.15) is 0 Å². The van der Waals surface area contributed by atoms with Crippen LogP contribution in [0.1, 0.15) is 11.4 Å². The van der Waals surface area contributed by atoms with Gasteiger partial charge < -0.3 is 10.6 Å². The molecule has 124 valence electrons. The van der Waals surface area contributed by atoms with E-state index in [4.69, 9.17) is 10.6 Å². The van der Waals surface area contributed by atoms with Gasteiger partial charge in [-0.25, -0.2) is 9.07 Å². The van der Waals surface area contributed by atoms with Crippen LogP contribution in [0.25, 0.3) is 0 Å². The highest BCUT2D eigenvalue weighted by Gasteiger charge is 2.11. The lowest BCUT2D eigenvalue weighted by Gasteiger charge is -2.06. The van der Waals surface area contributed by atoms with E-state index < -0.39 is 0 Å². The highest BCUT2D eigenvalue weighted by atomic mass is 79.9. The van der Waals surface area contributed by atoms with E-state index in [1.54, 1.807) is 12.1 Å². The number of halogens is 2. The van der Waals surface area contributed by atoms with E-state index in [0.29, 0.717) is 16.7 Å². The van der Waals surface area contributed by atoms with Crippen LogP contribution in [0.2, 0.25) is 0 Å². The van der Waals surface area contributed by atoms with Crippen molar-refractivity contribution in [3.05, 3.63) is 70.2 Å². The summed E-state index contributed by atoms with van der Waals surface area (Å²) in [6.45, 7) is 0.161. The zero-order valence-electron chi connectivity index (χ0n) is 12.5. The minimum Gasteiger partial charge on any atom is -0.486 e. The maximum absolute atomic E-state index is 12.9. The molecule has 2 N–H and O–H groups in total. The maximum Gasteiger partial charge on any atom is 0.210 e. The molecule has 0 saturated carbocycles. The van der Waals surface area contributed by atoms with Crippen molar-refractivity contribution >= 4 is 27.7 Å². The van der Waals surface area contributed by atoms with Crippen LogP contribution in [0.15, 0.2) is 58.2 Å². The van der Waals surface area contributed by atoms with Crippen LogP contribution >= 0.6 is 27.7 Å². The zero-order chi connectivity index (χ0) is 16.9. The lowest BCUT2D eigenvalue weighted by atomic mass is 10.2. The third-order valence-electron chi connectivity index (χ3n) is 3.20. The standard InChI is InChI=1S/C16H14BrFN4OS/c17-12-3-1-11(2-4-12)10-24-16-21-20-15(22(16)19)9-23-14-7-5-13(18)6-8-14/h1-8H,9-10,19H2. The first kappa shape index (κ1) is 16.8. The quantitative estimate of drug-likeness (QED) is 0.496. The number of rotatable bonds is 6. The largest absolute Gasteiger partial charge is 0.486 e. The Balaban J connectivity index is 1.58. The Morgan fingerprint density at radius 2 is 1.79 bits per heavy atom. The molecule has 0 spiro atoms. The third-order valence-corrected chi connectivity index (χ3v) is 4.74. The molecule has 3 aromatic rings. The number of hydrogen-bond acceptors (Lipinski definition) is 5. The first-order valence-corrected chi connectivity index (χ1v) is 8.84. The fourth-order valence-corrected chi connectivity index (χ4v) is 3.01. The summed E-state index contributed by atoms with van der Waals surface area (Å²) in [6.07, 6.45) is 0. The van der Waals surface area contributed by atoms with E-state index in [1.165, 1.54) is 28.6 Å². The number of ether oxygens (including phenoxy) is 1. The number of nitrogen functional groups attached to an aromatic ring is 1. The van der Waals surface area contributed by atoms with Gasteiger partial charge in [0.15, 0.2) is 5.82 Å². The van der Waals surface area contributed by atoms with Crippen LogP contribution in [-0.4, -0.2) is 14.9 Å². The van der Waals surface area contributed by atoms with Crippen LogP contribution in [0.5, 0.6) is 5.75 Å². The first-order chi connectivity index (χ1) is 11.6. The number of nitrogens with two attached hydrogens (primary N) is 1. The van der Waals surface area contributed by atoms with E-state index >= 15 is 0 Å². The Kier molecular flexibility index (Phi) is 5.37. The minimum absolute atomic E-state index is 0.161. The molecule has 0 saturated heterocycles. The van der Waals surface area contributed by atoms with Gasteiger partial charge in [0.1, 0.15) is 18.2 Å². The second kappa shape index (κ2) is 7.67. The van der Waals surface area contributed by atoms with Crippen LogP contribution in [0.4, 0.5) is 4.39 Å². The van der Waals surface area contributed by atoms with Gasteiger partial charge in [-0.1, -0.05) is 39.8 Å². The molecule has 0 unspecified atom stereocenters. The second-order valence-corrected chi connectivity index (χ2v) is 6.78. The van der Waals surface area contributed by atoms with Gasteiger partial charge in [0, 0.05) is 10.2 Å². The fourth-order valence-electron chi connectivity index (χ4n) is 1.91. The monoisotopic (exact) mass is 408 g/mol. The van der Waals surface area contributed by atoms with Gasteiger partial charge in [-0.05, 0) is 42.0 Å². The molecule has 1 heterocycles. The summed E-state index contributed by atoms with van der Waals surface area (Å²) in [5.41, 5.74) is 1.16. The van der Waals surface area contributed by atoms with E-state index in [0.717, 1.165) is 15.8 Å². The normalized spacial score (nSPS) is 10.8. The lowest BCUT2D eigenvalue weighted by molar-refractivity contribution is 0.291. The van der Waals surface area contributed by atoms with E-state index in [2.05, 4.69) is 26.1 Å². The molecule has 0 aliphatic heterocycles. The summed E-state index contributed by atoms with van der Waals surface area (Å²) < 4.78 is 20.8. The summed E-state index contributed by atoms with van der Waals surface area (Å²) in [5, 5.41) is 8.72. The molecule has 0 radical (unpaired) electrons. The van der Waals surface area contributed by atoms with Crippen molar-refractivity contribution in [1.82, 2.24) is 14.9 Å². The Hall–Kier alpha value is -2.06. The Labute approximate surface area is 151 Å². The fraction of sp³-hybridized carbons (Fsp3) is 0.125. The van der Waals surface area contributed by atoms with Crippen molar-refractivity contribution in [3.63, 3.8) is 0 Å². The number of benzene rings is 2. The van der Waals surface area contributed by atoms with Crippen molar-refractivity contribution in [2.75, 3.05) is 5.84 Å². The molecule has 5 nitrogen and oxygen atoms in total. The molecular weight excluding hydrogens is 395 g/mol. The number of nitrogens with zero attached hydrogens (tertiary/aromatic N) is 3. The summed E-state index contributed by atoms with van der Waals surface area (Å²) in [7, 11) is 0. The summed E-state index contributed by atoms with van der Waals surface area (Å²) >= 11 is 4.90. The third kappa shape index (κ3) is 4.27. The van der Waals surface area contributed by atoms with E-state index in [1.807, 2.05) is 24.3 Å². The Morgan fingerprint density at radius 3 is 2.50 bits per heavy atom. The topological polar surface area (TPSA) is 66.0 Å². The lowest BCUT2D eigenvalue weighted by Crippen LogP contribution is -2.15. The number of thioether (sulfide) groups is 1. The van der Waals surface area contributed by atoms with Crippen molar-refractivity contribution in [1.29, 1.82) is 0 Å². The predicted molar refractivity (Wildman–Crippen MR) is 94.6 cm³/mol. The molecule has 0 bridgehead atoms. The van der Waals surface area contributed by atoms with Gasteiger partial charge in [0.2, 0.25) is 5.16 Å². The molecule has 3 rings (SSSR count). The van der Waals surface area contributed by atoms with Gasteiger partial charge in [0.05, 0.1) is 0 Å². The maximum atomic E-state index is 12.9. The van der Waals surface area contributed by atoms with Gasteiger partial charge in [-0.15, -0.1) is 10.2 Å². The van der Waals surface area contributed by atoms with Crippen molar-refractivity contribution < 1.29 is 9.13 Å². The molecule has 0 fully saturated rings. The highest BCUT2D eigenvalue weighted by Crippen LogP contribution is 2.22. The second-order valence-electron chi connectivity index (χ2n) is 4.93. The molecule has 0 aliphatic carbocycles. The molecule has 0 amide bonds. The number of aromatic nitrogens is 3. The molecule has 0 atom stereocenters.